The molecule has 0 saturated heterocycles. The van der Waals surface area contributed by atoms with E-state index >= 15 is 0 Å². The molecule has 0 bridgehead atoms. The maximum atomic E-state index is 13.5. The lowest BCUT2D eigenvalue weighted by Gasteiger charge is -2.07. The van der Waals surface area contributed by atoms with Crippen LogP contribution in [-0.4, -0.2) is 27.3 Å². The average Bonchev–Trinajstić information content (AvgIpc) is 3.25. The van der Waals surface area contributed by atoms with Crippen LogP contribution >= 0.6 is 11.3 Å². The van der Waals surface area contributed by atoms with E-state index < -0.39 is 0 Å². The first kappa shape index (κ1) is 18.1. The number of fused-ring (bicyclic) bond motifs is 1. The van der Waals surface area contributed by atoms with Crippen LogP contribution in [0.4, 0.5) is 10.2 Å². The Hall–Kier alpha value is -3.26. The molecule has 1 N–H and O–H groups in total. The molecular weight excluding hydrogens is 379 g/mol. The van der Waals surface area contributed by atoms with Gasteiger partial charge in [-0.3, -0.25) is 4.79 Å². The first-order chi connectivity index (χ1) is 13.5. The van der Waals surface area contributed by atoms with E-state index in [-0.39, 0.29) is 11.7 Å². The fourth-order valence-electron chi connectivity index (χ4n) is 2.77. The van der Waals surface area contributed by atoms with Gasteiger partial charge in [0, 0.05) is 11.6 Å². The van der Waals surface area contributed by atoms with E-state index in [4.69, 9.17) is 4.74 Å². The van der Waals surface area contributed by atoms with Crippen molar-refractivity contribution in [2.45, 2.75) is 13.8 Å². The number of halogens is 1. The van der Waals surface area contributed by atoms with Crippen LogP contribution in [0, 0.1) is 12.7 Å². The van der Waals surface area contributed by atoms with Gasteiger partial charge in [-0.05, 0) is 56.3 Å². The Morgan fingerprint density at radius 3 is 2.75 bits per heavy atom. The minimum absolute atomic E-state index is 0.267. The number of aromatic nitrogens is 3. The zero-order chi connectivity index (χ0) is 19.7. The van der Waals surface area contributed by atoms with E-state index in [1.807, 2.05) is 13.8 Å². The second-order valence-corrected chi connectivity index (χ2v) is 7.11. The summed E-state index contributed by atoms with van der Waals surface area (Å²) >= 11 is 1.30. The number of anilines is 1. The molecule has 8 heteroatoms. The molecule has 0 radical (unpaired) electrons. The topological polar surface area (TPSA) is 69.0 Å². The minimum Gasteiger partial charge on any atom is -0.494 e. The molecule has 0 aliphatic carbocycles. The van der Waals surface area contributed by atoms with Crippen LogP contribution in [0.15, 0.2) is 48.5 Å². The molecule has 0 atom stereocenters. The van der Waals surface area contributed by atoms with Crippen LogP contribution in [0.1, 0.15) is 23.0 Å². The van der Waals surface area contributed by atoms with Crippen molar-refractivity contribution < 1.29 is 13.9 Å². The zero-order valence-corrected chi connectivity index (χ0v) is 16.1. The Labute approximate surface area is 164 Å². The van der Waals surface area contributed by atoms with Gasteiger partial charge >= 0.3 is 0 Å². The Balaban J connectivity index is 1.62. The molecule has 0 fully saturated rings. The second kappa shape index (κ2) is 7.40. The average molecular weight is 396 g/mol. The van der Waals surface area contributed by atoms with Gasteiger partial charge in [0.05, 0.1) is 22.5 Å². The highest BCUT2D eigenvalue weighted by atomic mass is 32.1. The van der Waals surface area contributed by atoms with Gasteiger partial charge in [0.2, 0.25) is 5.13 Å². The molecule has 0 unspecified atom stereocenters. The summed E-state index contributed by atoms with van der Waals surface area (Å²) in [5.74, 6) is 0.622. The number of rotatable bonds is 5. The summed E-state index contributed by atoms with van der Waals surface area (Å²) in [6.07, 6.45) is 0. The normalized spacial score (nSPS) is 11.0. The summed E-state index contributed by atoms with van der Waals surface area (Å²) in [7, 11) is 0. The van der Waals surface area contributed by atoms with E-state index in [0.29, 0.717) is 39.1 Å². The molecule has 1 amide bonds. The molecule has 0 spiro atoms. The molecular formula is C20H17FN4O2S. The molecule has 4 aromatic rings. The summed E-state index contributed by atoms with van der Waals surface area (Å²) in [5, 5.41) is 7.84. The lowest BCUT2D eigenvalue weighted by molar-refractivity contribution is 0.102. The summed E-state index contributed by atoms with van der Waals surface area (Å²) in [6, 6.07) is 13.1. The van der Waals surface area contributed by atoms with Crippen LogP contribution in [0.25, 0.3) is 15.3 Å². The van der Waals surface area contributed by atoms with Crippen molar-refractivity contribution in [1.82, 2.24) is 14.8 Å². The minimum atomic E-state index is -0.316. The lowest BCUT2D eigenvalue weighted by Crippen LogP contribution is -2.15. The third-order valence-corrected chi connectivity index (χ3v) is 5.01. The molecule has 2 heterocycles. The Bertz CT molecular complexity index is 1150. The molecule has 2 aromatic heterocycles. The monoisotopic (exact) mass is 396 g/mol. The Kier molecular flexibility index (Phi) is 4.79. The standard InChI is InChI=1S/C20H17FN4O2S/c1-3-27-15-7-4-13(5-8-15)19(26)23-18-10-12(2)24-25(18)20-22-16-9-6-14(21)11-17(16)28-20/h4-11H,3H2,1-2H3,(H,23,26). The van der Waals surface area contributed by atoms with Gasteiger partial charge < -0.3 is 10.1 Å². The molecule has 4 rings (SSSR count). The molecule has 142 valence electrons. The van der Waals surface area contributed by atoms with Gasteiger partial charge in [0.25, 0.3) is 5.91 Å². The molecule has 2 aromatic carbocycles. The van der Waals surface area contributed by atoms with Gasteiger partial charge in [0.15, 0.2) is 0 Å². The number of carbonyl (C=O) groups is 1. The second-order valence-electron chi connectivity index (χ2n) is 6.10. The Morgan fingerprint density at radius 1 is 1.21 bits per heavy atom. The lowest BCUT2D eigenvalue weighted by atomic mass is 10.2. The van der Waals surface area contributed by atoms with Crippen molar-refractivity contribution in [2.75, 3.05) is 11.9 Å². The van der Waals surface area contributed by atoms with Crippen molar-refractivity contribution in [3.8, 4) is 10.9 Å². The number of ether oxygens (including phenoxy) is 1. The predicted octanol–water partition coefficient (Wildman–Crippen LogP) is 4.58. The summed E-state index contributed by atoms with van der Waals surface area (Å²) in [4.78, 5) is 17.1. The van der Waals surface area contributed by atoms with E-state index in [1.54, 1.807) is 41.1 Å². The summed E-state index contributed by atoms with van der Waals surface area (Å²) < 4.78 is 21.1. The number of hydrogen-bond acceptors (Lipinski definition) is 5. The van der Waals surface area contributed by atoms with Crippen molar-refractivity contribution in [1.29, 1.82) is 0 Å². The number of aryl methyl sites for hydroxylation is 1. The van der Waals surface area contributed by atoms with Crippen molar-refractivity contribution >= 4 is 33.3 Å². The van der Waals surface area contributed by atoms with Crippen molar-refractivity contribution in [3.05, 3.63) is 65.6 Å². The van der Waals surface area contributed by atoms with E-state index in [9.17, 15) is 9.18 Å². The first-order valence-corrected chi connectivity index (χ1v) is 9.52. The number of carbonyl (C=O) groups excluding carboxylic acids is 1. The fourth-order valence-corrected chi connectivity index (χ4v) is 3.72. The summed E-state index contributed by atoms with van der Waals surface area (Å²) in [6.45, 7) is 4.30. The maximum Gasteiger partial charge on any atom is 0.256 e. The van der Waals surface area contributed by atoms with Crippen LogP contribution in [-0.2, 0) is 0 Å². The number of hydrogen-bond donors (Lipinski definition) is 1. The molecule has 6 nitrogen and oxygen atoms in total. The highest BCUT2D eigenvalue weighted by Crippen LogP contribution is 2.28. The summed E-state index contributed by atoms with van der Waals surface area (Å²) in [5.41, 5.74) is 1.91. The molecule has 28 heavy (non-hydrogen) atoms. The van der Waals surface area contributed by atoms with Crippen LogP contribution in [0.3, 0.4) is 0 Å². The van der Waals surface area contributed by atoms with Gasteiger partial charge in [0.1, 0.15) is 17.4 Å². The maximum absolute atomic E-state index is 13.5. The van der Waals surface area contributed by atoms with Gasteiger partial charge in [-0.25, -0.2) is 9.37 Å². The number of nitrogens with one attached hydrogen (secondary N) is 1. The predicted molar refractivity (Wildman–Crippen MR) is 107 cm³/mol. The number of nitrogens with zero attached hydrogens (tertiary/aromatic N) is 3. The van der Waals surface area contributed by atoms with Crippen LogP contribution < -0.4 is 10.1 Å². The number of benzene rings is 2. The number of thiazole rings is 1. The van der Waals surface area contributed by atoms with Crippen LogP contribution in [0.5, 0.6) is 5.75 Å². The number of amides is 1. The molecule has 0 saturated carbocycles. The van der Waals surface area contributed by atoms with Crippen LogP contribution in [0.2, 0.25) is 0 Å². The van der Waals surface area contributed by atoms with Gasteiger partial charge in [-0.15, -0.1) is 0 Å². The smallest absolute Gasteiger partial charge is 0.256 e. The SMILES string of the molecule is CCOc1ccc(C(=O)Nc2cc(C)nn2-c2nc3ccc(F)cc3s2)cc1. The van der Waals surface area contributed by atoms with E-state index in [1.165, 1.54) is 23.5 Å². The molecule has 0 aliphatic heterocycles. The fraction of sp³-hybridized carbons (Fsp3) is 0.150. The van der Waals surface area contributed by atoms with Crippen molar-refractivity contribution in [3.63, 3.8) is 0 Å². The third kappa shape index (κ3) is 3.59. The molecule has 0 aliphatic rings. The zero-order valence-electron chi connectivity index (χ0n) is 15.3. The first-order valence-electron chi connectivity index (χ1n) is 8.71. The van der Waals surface area contributed by atoms with Gasteiger partial charge in [-0.1, -0.05) is 11.3 Å². The quantitative estimate of drug-likeness (QED) is 0.536. The van der Waals surface area contributed by atoms with Crippen molar-refractivity contribution in [2.24, 2.45) is 0 Å². The highest BCUT2D eigenvalue weighted by Gasteiger charge is 2.16. The highest BCUT2D eigenvalue weighted by molar-refractivity contribution is 7.20. The van der Waals surface area contributed by atoms with E-state index in [2.05, 4.69) is 15.4 Å². The van der Waals surface area contributed by atoms with Gasteiger partial charge in [-0.2, -0.15) is 9.78 Å². The largest absolute Gasteiger partial charge is 0.494 e. The Morgan fingerprint density at radius 2 is 2.00 bits per heavy atom. The third-order valence-electron chi connectivity index (χ3n) is 4.02. The van der Waals surface area contributed by atoms with E-state index in [0.717, 1.165) is 5.69 Å².